The molecule has 0 amide bonds. The van der Waals surface area contributed by atoms with Crippen molar-refractivity contribution in [2.75, 3.05) is 11.9 Å². The van der Waals surface area contributed by atoms with Crippen LogP contribution in [0.5, 0.6) is 0 Å². The summed E-state index contributed by atoms with van der Waals surface area (Å²) in [4.78, 5) is 9.01. The molecule has 4 heteroatoms. The quantitative estimate of drug-likeness (QED) is 0.902. The molecule has 0 bridgehead atoms. The summed E-state index contributed by atoms with van der Waals surface area (Å²) in [5, 5.41) is 3.55. The van der Waals surface area contributed by atoms with Gasteiger partial charge in [0.2, 0.25) is 0 Å². The predicted octanol–water partition coefficient (Wildman–Crippen LogP) is 3.76. The number of hydrogen-bond acceptors (Lipinski definition) is 4. The average molecular weight is 310 g/mol. The van der Waals surface area contributed by atoms with Crippen molar-refractivity contribution in [3.8, 4) is 0 Å². The van der Waals surface area contributed by atoms with Crippen molar-refractivity contribution in [2.45, 2.75) is 51.0 Å². The second kappa shape index (κ2) is 6.28. The van der Waals surface area contributed by atoms with Gasteiger partial charge < -0.3 is 11.1 Å². The van der Waals surface area contributed by atoms with E-state index in [2.05, 4.69) is 60.3 Å². The number of aromatic nitrogens is 2. The van der Waals surface area contributed by atoms with Crippen molar-refractivity contribution >= 4 is 5.82 Å². The van der Waals surface area contributed by atoms with Gasteiger partial charge in [0.05, 0.1) is 11.7 Å². The molecule has 0 radical (unpaired) electrons. The fraction of sp³-hybridized carbons (Fsp3) is 0.474. The third-order valence-electron chi connectivity index (χ3n) is 4.63. The maximum absolute atomic E-state index is 5.72. The molecule has 0 spiro atoms. The van der Waals surface area contributed by atoms with Gasteiger partial charge in [-0.05, 0) is 35.9 Å². The summed E-state index contributed by atoms with van der Waals surface area (Å²) in [6, 6.07) is 9.17. The Bertz CT molecular complexity index is 658. The number of fused-ring (bicyclic) bond motifs is 1. The fourth-order valence-electron chi connectivity index (χ4n) is 3.28. The molecule has 0 fully saturated rings. The van der Waals surface area contributed by atoms with Gasteiger partial charge in [-0.3, -0.25) is 4.98 Å². The zero-order valence-electron chi connectivity index (χ0n) is 14.2. The predicted molar refractivity (Wildman–Crippen MR) is 94.6 cm³/mol. The van der Waals surface area contributed by atoms with E-state index in [1.165, 1.54) is 11.1 Å². The van der Waals surface area contributed by atoms with Crippen LogP contribution in [-0.2, 0) is 5.41 Å². The van der Waals surface area contributed by atoms with E-state index < -0.39 is 0 Å². The Balaban J connectivity index is 1.89. The van der Waals surface area contributed by atoms with Crippen LogP contribution in [0, 0.1) is 0 Å². The molecule has 2 heterocycles. The monoisotopic (exact) mass is 310 g/mol. The molecule has 1 aromatic carbocycles. The van der Waals surface area contributed by atoms with Gasteiger partial charge in [-0.2, -0.15) is 0 Å². The molecule has 0 aliphatic carbocycles. The largest absolute Gasteiger partial charge is 0.361 e. The molecule has 1 aromatic heterocycles. The Morgan fingerprint density at radius 2 is 1.78 bits per heavy atom. The van der Waals surface area contributed by atoms with Crippen molar-refractivity contribution < 1.29 is 0 Å². The summed E-state index contributed by atoms with van der Waals surface area (Å²) in [6.07, 6.45) is 5.55. The van der Waals surface area contributed by atoms with Gasteiger partial charge in [-0.15, -0.1) is 0 Å². The number of hydrogen-bond donors (Lipinski definition) is 2. The third-order valence-corrected chi connectivity index (χ3v) is 4.63. The van der Waals surface area contributed by atoms with Crippen LogP contribution in [0.15, 0.2) is 36.7 Å². The number of rotatable bonds is 4. The van der Waals surface area contributed by atoms with E-state index in [4.69, 9.17) is 5.73 Å². The van der Waals surface area contributed by atoms with Crippen LogP contribution in [-0.4, -0.2) is 16.5 Å². The highest BCUT2D eigenvalue weighted by Gasteiger charge is 2.34. The van der Waals surface area contributed by atoms with Gasteiger partial charge >= 0.3 is 0 Å². The average Bonchev–Trinajstić information content (AvgIpc) is 2.91. The Labute approximate surface area is 138 Å². The molecule has 3 N–H and O–H groups in total. The van der Waals surface area contributed by atoms with Gasteiger partial charge in [0.15, 0.2) is 0 Å². The van der Waals surface area contributed by atoms with Crippen LogP contribution in [0.3, 0.4) is 0 Å². The van der Waals surface area contributed by atoms with Crippen molar-refractivity contribution in [3.05, 3.63) is 53.5 Å². The summed E-state index contributed by atoms with van der Waals surface area (Å²) in [5.41, 5.74) is 9.61. The first-order valence-corrected chi connectivity index (χ1v) is 8.38. The van der Waals surface area contributed by atoms with Gasteiger partial charge in [0, 0.05) is 18.3 Å². The Kier molecular flexibility index (Phi) is 4.35. The topological polar surface area (TPSA) is 63.8 Å². The van der Waals surface area contributed by atoms with Crippen LogP contribution in [0.4, 0.5) is 5.82 Å². The van der Waals surface area contributed by atoms with Crippen LogP contribution >= 0.6 is 0 Å². The SMILES string of the molecule is CC(C)(C)c1ccc(C2Nc3nccnc3C2CCCN)cc1. The smallest absolute Gasteiger partial charge is 0.148 e. The molecular formula is C19H26N4. The van der Waals surface area contributed by atoms with E-state index >= 15 is 0 Å². The highest BCUT2D eigenvalue weighted by Crippen LogP contribution is 2.44. The number of nitrogens with one attached hydrogen (secondary N) is 1. The number of anilines is 1. The van der Waals surface area contributed by atoms with E-state index in [1.54, 1.807) is 12.4 Å². The lowest BCUT2D eigenvalue weighted by Gasteiger charge is -2.23. The molecule has 23 heavy (non-hydrogen) atoms. The van der Waals surface area contributed by atoms with Gasteiger partial charge in [0.25, 0.3) is 0 Å². The zero-order valence-corrected chi connectivity index (χ0v) is 14.2. The molecule has 0 saturated carbocycles. The van der Waals surface area contributed by atoms with E-state index in [9.17, 15) is 0 Å². The van der Waals surface area contributed by atoms with Crippen molar-refractivity contribution in [2.24, 2.45) is 5.73 Å². The maximum atomic E-state index is 5.72. The van der Waals surface area contributed by atoms with E-state index in [0.717, 1.165) is 24.4 Å². The standard InChI is InChI=1S/C19H26N4/c1-19(2,3)14-8-6-13(7-9-14)16-15(5-4-10-20)17-18(23-16)22-12-11-21-17/h6-9,11-12,15-16H,4-5,10,20H2,1-3H3,(H,22,23). The van der Waals surface area contributed by atoms with Crippen molar-refractivity contribution in [1.29, 1.82) is 0 Å². The molecule has 4 nitrogen and oxygen atoms in total. The van der Waals surface area contributed by atoms with Gasteiger partial charge in [-0.1, -0.05) is 45.0 Å². The first-order chi connectivity index (χ1) is 11.0. The molecule has 1 aliphatic rings. The van der Waals surface area contributed by atoms with Gasteiger partial charge in [-0.25, -0.2) is 4.98 Å². The summed E-state index contributed by atoms with van der Waals surface area (Å²) in [7, 11) is 0. The number of nitrogens with two attached hydrogens (primary N) is 1. The summed E-state index contributed by atoms with van der Waals surface area (Å²) < 4.78 is 0. The highest BCUT2D eigenvalue weighted by molar-refractivity contribution is 5.52. The van der Waals surface area contributed by atoms with Crippen LogP contribution in [0.1, 0.15) is 62.4 Å². The van der Waals surface area contributed by atoms with Gasteiger partial charge in [0.1, 0.15) is 5.82 Å². The minimum atomic E-state index is 0.173. The number of nitrogens with zero attached hydrogens (tertiary/aromatic N) is 2. The summed E-state index contributed by atoms with van der Waals surface area (Å²) in [5.74, 6) is 1.25. The van der Waals surface area contributed by atoms with E-state index in [1.807, 2.05) is 0 Å². The normalized spacial score (nSPS) is 20.2. The van der Waals surface area contributed by atoms with Crippen LogP contribution in [0.25, 0.3) is 0 Å². The van der Waals surface area contributed by atoms with Crippen LogP contribution < -0.4 is 11.1 Å². The van der Waals surface area contributed by atoms with E-state index in [-0.39, 0.29) is 11.5 Å². The van der Waals surface area contributed by atoms with E-state index in [0.29, 0.717) is 12.5 Å². The first-order valence-electron chi connectivity index (χ1n) is 8.38. The third kappa shape index (κ3) is 3.22. The lowest BCUT2D eigenvalue weighted by Crippen LogP contribution is -2.15. The fourth-order valence-corrected chi connectivity index (χ4v) is 3.28. The Hall–Kier alpha value is -1.94. The molecule has 3 rings (SSSR count). The minimum Gasteiger partial charge on any atom is -0.361 e. The molecule has 2 aromatic rings. The minimum absolute atomic E-state index is 0.173. The Morgan fingerprint density at radius 1 is 1.09 bits per heavy atom. The molecule has 0 saturated heterocycles. The van der Waals surface area contributed by atoms with Crippen molar-refractivity contribution in [1.82, 2.24) is 9.97 Å². The van der Waals surface area contributed by atoms with Crippen LogP contribution in [0.2, 0.25) is 0 Å². The first kappa shape index (κ1) is 15.9. The highest BCUT2D eigenvalue weighted by atomic mass is 15.1. The second-order valence-electron chi connectivity index (χ2n) is 7.32. The summed E-state index contributed by atoms with van der Waals surface area (Å²) >= 11 is 0. The molecule has 1 aliphatic heterocycles. The summed E-state index contributed by atoms with van der Waals surface area (Å²) in [6.45, 7) is 7.43. The lowest BCUT2D eigenvalue weighted by atomic mass is 9.84. The number of benzene rings is 1. The zero-order chi connectivity index (χ0) is 16.4. The van der Waals surface area contributed by atoms with Crippen molar-refractivity contribution in [3.63, 3.8) is 0 Å². The lowest BCUT2D eigenvalue weighted by molar-refractivity contribution is 0.542. The molecule has 2 atom stereocenters. The second-order valence-corrected chi connectivity index (χ2v) is 7.32. The molecule has 2 unspecified atom stereocenters. The Morgan fingerprint density at radius 3 is 2.43 bits per heavy atom. The molecular weight excluding hydrogens is 284 g/mol. The maximum Gasteiger partial charge on any atom is 0.148 e. The molecule has 122 valence electrons.